The normalized spacial score (nSPS) is 12.4. The van der Waals surface area contributed by atoms with Crippen molar-refractivity contribution >= 4 is 19.7 Å². The Balaban J connectivity index is 2.80. The van der Waals surface area contributed by atoms with Crippen LogP contribution in [-0.2, 0) is 22.0 Å². The number of hydrogen-bond donors (Lipinski definition) is 0. The predicted octanol–water partition coefficient (Wildman–Crippen LogP) is 2.70. The first-order chi connectivity index (χ1) is 8.69. The first-order valence-electron chi connectivity index (χ1n) is 6.11. The molecule has 0 aromatic carbocycles. The Labute approximate surface area is 118 Å². The fourth-order valence-corrected chi connectivity index (χ4v) is 2.46. The van der Waals surface area contributed by atoms with Gasteiger partial charge >= 0.3 is 0 Å². The monoisotopic (exact) mass is 303 g/mol. The van der Waals surface area contributed by atoms with Gasteiger partial charge in [0.15, 0.2) is 5.03 Å². The lowest BCUT2D eigenvalue weighted by Crippen LogP contribution is -2.10. The molecule has 0 amide bonds. The van der Waals surface area contributed by atoms with Gasteiger partial charge in [-0.2, -0.15) is 5.26 Å². The summed E-state index contributed by atoms with van der Waals surface area (Å²) in [4.78, 5) is 4.01. The van der Waals surface area contributed by atoms with Crippen LogP contribution in [0.3, 0.4) is 0 Å². The van der Waals surface area contributed by atoms with Crippen LogP contribution < -0.4 is 0 Å². The van der Waals surface area contributed by atoms with Gasteiger partial charge in [0.05, 0.1) is 11.5 Å². The van der Waals surface area contributed by atoms with Gasteiger partial charge < -0.3 is 4.57 Å². The number of halogens is 1. The van der Waals surface area contributed by atoms with Gasteiger partial charge in [-0.15, -0.1) is 0 Å². The molecule has 5 nitrogen and oxygen atoms in total. The molecular weight excluding hydrogens is 286 g/mol. The highest BCUT2D eigenvalue weighted by atomic mass is 35.7. The Morgan fingerprint density at radius 2 is 2.16 bits per heavy atom. The molecule has 0 radical (unpaired) electrons. The predicted molar refractivity (Wildman–Crippen MR) is 73.3 cm³/mol. The number of aryl methyl sites for hydroxylation is 2. The summed E-state index contributed by atoms with van der Waals surface area (Å²) in [6.07, 6.45) is 3.62. The average molecular weight is 304 g/mol. The Kier molecular flexibility index (Phi) is 4.99. The summed E-state index contributed by atoms with van der Waals surface area (Å²) in [5.74, 6) is 0.689. The number of aromatic nitrogens is 2. The summed E-state index contributed by atoms with van der Waals surface area (Å²) in [6, 6.07) is 2.24. The molecule has 1 aromatic heterocycles. The maximum atomic E-state index is 11.2. The van der Waals surface area contributed by atoms with Crippen molar-refractivity contribution in [1.29, 1.82) is 5.26 Å². The zero-order valence-electron chi connectivity index (χ0n) is 11.4. The second kappa shape index (κ2) is 5.93. The summed E-state index contributed by atoms with van der Waals surface area (Å²) in [5.41, 5.74) is -0.367. The topological polar surface area (TPSA) is 75.8 Å². The van der Waals surface area contributed by atoms with Gasteiger partial charge in [0.25, 0.3) is 9.05 Å². The van der Waals surface area contributed by atoms with E-state index in [4.69, 9.17) is 15.9 Å². The smallest absolute Gasteiger partial charge is 0.280 e. The summed E-state index contributed by atoms with van der Waals surface area (Å²) < 4.78 is 24.3. The zero-order valence-corrected chi connectivity index (χ0v) is 12.9. The summed E-state index contributed by atoms with van der Waals surface area (Å²) >= 11 is 0. The summed E-state index contributed by atoms with van der Waals surface area (Å²) in [6.45, 7) is 6.31. The van der Waals surface area contributed by atoms with E-state index in [1.54, 1.807) is 4.57 Å². The molecule has 0 unspecified atom stereocenters. The minimum atomic E-state index is -3.78. The van der Waals surface area contributed by atoms with Crippen molar-refractivity contribution in [2.24, 2.45) is 5.41 Å². The van der Waals surface area contributed by atoms with Gasteiger partial charge in [-0.25, -0.2) is 13.4 Å². The number of hydrogen-bond acceptors (Lipinski definition) is 4. The second-order valence-corrected chi connectivity index (χ2v) is 7.59. The third kappa shape index (κ3) is 4.51. The third-order valence-corrected chi connectivity index (χ3v) is 4.08. The van der Waals surface area contributed by atoms with Crippen LogP contribution in [0.15, 0.2) is 11.2 Å². The van der Waals surface area contributed by atoms with E-state index in [2.05, 4.69) is 11.1 Å². The van der Waals surface area contributed by atoms with Gasteiger partial charge in [-0.05, 0) is 26.7 Å². The fourth-order valence-electron chi connectivity index (χ4n) is 1.77. The minimum absolute atomic E-state index is 0.106. The van der Waals surface area contributed by atoms with Crippen LogP contribution in [0.25, 0.3) is 0 Å². The highest BCUT2D eigenvalue weighted by Crippen LogP contribution is 2.22. The van der Waals surface area contributed by atoms with Crippen LogP contribution in [0.1, 0.15) is 39.4 Å². The lowest BCUT2D eigenvalue weighted by Gasteiger charge is -2.15. The maximum Gasteiger partial charge on any atom is 0.280 e. The largest absolute Gasteiger partial charge is 0.334 e. The lowest BCUT2D eigenvalue weighted by atomic mass is 9.90. The molecule has 0 aliphatic rings. The molecule has 0 bridgehead atoms. The minimum Gasteiger partial charge on any atom is -0.334 e. The molecular formula is C12H18ClN3O2S. The molecule has 0 spiro atoms. The van der Waals surface area contributed by atoms with E-state index in [-0.39, 0.29) is 10.4 Å². The van der Waals surface area contributed by atoms with Crippen molar-refractivity contribution in [3.05, 3.63) is 12.0 Å². The number of rotatable bonds is 6. The second-order valence-electron chi connectivity index (χ2n) is 5.08. The van der Waals surface area contributed by atoms with Crippen LogP contribution in [0.4, 0.5) is 0 Å². The first kappa shape index (κ1) is 16.0. The first-order valence-corrected chi connectivity index (χ1v) is 8.42. The molecule has 0 N–H and O–H groups in total. The van der Waals surface area contributed by atoms with Crippen molar-refractivity contribution < 1.29 is 8.42 Å². The molecule has 106 valence electrons. The van der Waals surface area contributed by atoms with Crippen LogP contribution in [-0.4, -0.2) is 18.0 Å². The van der Waals surface area contributed by atoms with E-state index >= 15 is 0 Å². The quantitative estimate of drug-likeness (QED) is 0.757. The van der Waals surface area contributed by atoms with Crippen LogP contribution in [0.2, 0.25) is 0 Å². The van der Waals surface area contributed by atoms with E-state index in [0.29, 0.717) is 18.8 Å². The molecule has 19 heavy (non-hydrogen) atoms. The zero-order chi connectivity index (χ0) is 14.7. The molecule has 7 heteroatoms. The van der Waals surface area contributed by atoms with Crippen LogP contribution >= 0.6 is 10.7 Å². The molecule has 1 aromatic rings. The van der Waals surface area contributed by atoms with E-state index < -0.39 is 9.05 Å². The van der Waals surface area contributed by atoms with Crippen LogP contribution in [0.5, 0.6) is 0 Å². The average Bonchev–Trinajstić information content (AvgIpc) is 2.72. The maximum absolute atomic E-state index is 11.2. The summed E-state index contributed by atoms with van der Waals surface area (Å²) in [5, 5.41) is 8.83. The fraction of sp³-hybridized carbons (Fsp3) is 0.667. The third-order valence-electron chi connectivity index (χ3n) is 2.91. The van der Waals surface area contributed by atoms with Crippen molar-refractivity contribution in [2.75, 3.05) is 0 Å². The Hall–Kier alpha value is -1.06. The molecule has 0 saturated carbocycles. The number of nitrogens with zero attached hydrogens (tertiary/aromatic N) is 3. The van der Waals surface area contributed by atoms with E-state index in [1.165, 1.54) is 6.20 Å². The van der Waals surface area contributed by atoms with E-state index in [1.807, 2.05) is 20.8 Å². The van der Waals surface area contributed by atoms with Gasteiger partial charge in [-0.3, -0.25) is 0 Å². The molecule has 0 aliphatic heterocycles. The van der Waals surface area contributed by atoms with E-state index in [0.717, 1.165) is 12.8 Å². The molecule has 0 atom stereocenters. The van der Waals surface area contributed by atoms with Crippen molar-refractivity contribution in [3.63, 3.8) is 0 Å². The molecule has 0 fully saturated rings. The van der Waals surface area contributed by atoms with E-state index in [9.17, 15) is 8.42 Å². The summed E-state index contributed by atoms with van der Waals surface area (Å²) in [7, 11) is 1.50. The van der Waals surface area contributed by atoms with Gasteiger partial charge in [0.2, 0.25) is 0 Å². The molecule has 1 rings (SSSR count). The van der Waals surface area contributed by atoms with Crippen LogP contribution in [0, 0.1) is 16.7 Å². The molecule has 1 heterocycles. The van der Waals surface area contributed by atoms with Crippen molar-refractivity contribution in [3.8, 4) is 6.07 Å². The highest BCUT2D eigenvalue weighted by molar-refractivity contribution is 8.13. The van der Waals surface area contributed by atoms with Crippen molar-refractivity contribution in [2.45, 2.75) is 51.6 Å². The number of imidazole rings is 1. The SMILES string of the molecule is CCc1nc(S(=O)(=O)Cl)cn1CCCC(C)(C)C#N. The van der Waals surface area contributed by atoms with Gasteiger partial charge in [0, 0.05) is 29.8 Å². The Morgan fingerprint density at radius 3 is 2.63 bits per heavy atom. The highest BCUT2D eigenvalue weighted by Gasteiger charge is 2.19. The lowest BCUT2D eigenvalue weighted by molar-refractivity contribution is 0.413. The standard InChI is InChI=1S/C12H18ClN3O2S/c1-4-10-15-11(19(13,17)18)8-16(10)7-5-6-12(2,3)9-14/h8H,4-7H2,1-3H3. The number of nitriles is 1. The Morgan fingerprint density at radius 1 is 1.53 bits per heavy atom. The Bertz CT molecular complexity index is 585. The molecule has 0 aliphatic carbocycles. The molecule has 0 saturated heterocycles. The van der Waals surface area contributed by atoms with Crippen molar-refractivity contribution in [1.82, 2.24) is 9.55 Å². The van der Waals surface area contributed by atoms with Gasteiger partial charge in [-0.1, -0.05) is 6.92 Å². The van der Waals surface area contributed by atoms with Gasteiger partial charge in [0.1, 0.15) is 5.82 Å².